The Kier molecular flexibility index (Phi) is 6.56. The third kappa shape index (κ3) is 4.64. The van der Waals surface area contributed by atoms with Gasteiger partial charge in [0.05, 0.1) is 22.7 Å². The van der Waals surface area contributed by atoms with Gasteiger partial charge >= 0.3 is 0 Å². The topological polar surface area (TPSA) is 88.2 Å². The Morgan fingerprint density at radius 1 is 1.25 bits per heavy atom. The highest BCUT2D eigenvalue weighted by Gasteiger charge is 2.39. The van der Waals surface area contributed by atoms with Gasteiger partial charge in [-0.05, 0) is 81.8 Å². The minimum absolute atomic E-state index is 0.0438. The number of hydrogen-bond donors (Lipinski definition) is 1. The number of nitrogens with zero attached hydrogens (tertiary/aromatic N) is 2. The molecule has 1 aromatic rings. The Labute approximate surface area is 167 Å². The molecule has 1 aromatic carbocycles. The number of anilines is 1. The van der Waals surface area contributed by atoms with Crippen molar-refractivity contribution in [2.45, 2.75) is 77.4 Å². The zero-order valence-electron chi connectivity index (χ0n) is 16.9. The first-order chi connectivity index (χ1) is 13.4. The summed E-state index contributed by atoms with van der Waals surface area (Å²) in [6.07, 6.45) is 9.56. The molecule has 3 rings (SSSR count). The SMILES string of the molecule is CCO[C@H]1CC[C@](C)(C2CCC(Nc3cc(C#N)ccc3[N+](=O)[O-])CC2)CC1. The van der Waals surface area contributed by atoms with E-state index in [1.54, 1.807) is 6.07 Å². The molecule has 0 amide bonds. The maximum absolute atomic E-state index is 11.3. The second kappa shape index (κ2) is 8.91. The Balaban J connectivity index is 1.58. The van der Waals surface area contributed by atoms with Crippen LogP contribution in [0.5, 0.6) is 0 Å². The summed E-state index contributed by atoms with van der Waals surface area (Å²) in [5.74, 6) is 0.716. The third-order valence-corrected chi connectivity index (χ3v) is 6.87. The van der Waals surface area contributed by atoms with Gasteiger partial charge in [0.25, 0.3) is 5.69 Å². The molecule has 0 unspecified atom stereocenters. The highest BCUT2D eigenvalue weighted by molar-refractivity contribution is 5.64. The van der Waals surface area contributed by atoms with Crippen LogP contribution in [-0.4, -0.2) is 23.7 Å². The summed E-state index contributed by atoms with van der Waals surface area (Å²) in [7, 11) is 0. The summed E-state index contributed by atoms with van der Waals surface area (Å²) < 4.78 is 5.81. The van der Waals surface area contributed by atoms with Crippen LogP contribution < -0.4 is 5.32 Å². The summed E-state index contributed by atoms with van der Waals surface area (Å²) in [5.41, 5.74) is 1.35. The fraction of sp³-hybridized carbons (Fsp3) is 0.682. The van der Waals surface area contributed by atoms with Gasteiger partial charge in [0.2, 0.25) is 0 Å². The molecule has 0 heterocycles. The molecule has 0 spiro atoms. The van der Waals surface area contributed by atoms with E-state index < -0.39 is 0 Å². The van der Waals surface area contributed by atoms with E-state index in [1.807, 2.05) is 0 Å². The molecule has 0 atom stereocenters. The lowest BCUT2D eigenvalue weighted by molar-refractivity contribution is -0.384. The van der Waals surface area contributed by atoms with Crippen molar-refractivity contribution in [2.24, 2.45) is 11.3 Å². The quantitative estimate of drug-likeness (QED) is 0.521. The van der Waals surface area contributed by atoms with E-state index in [4.69, 9.17) is 10.00 Å². The zero-order valence-corrected chi connectivity index (χ0v) is 16.9. The predicted octanol–water partition coefficient (Wildman–Crippen LogP) is 5.42. The van der Waals surface area contributed by atoms with Gasteiger partial charge in [0.15, 0.2) is 0 Å². The highest BCUT2D eigenvalue weighted by atomic mass is 16.6. The van der Waals surface area contributed by atoms with Gasteiger partial charge in [-0.3, -0.25) is 10.1 Å². The Hall–Kier alpha value is -2.13. The first kappa shape index (κ1) is 20.6. The van der Waals surface area contributed by atoms with Crippen molar-refractivity contribution in [3.8, 4) is 6.07 Å². The molecule has 0 saturated heterocycles. The van der Waals surface area contributed by atoms with Crippen molar-refractivity contribution in [1.29, 1.82) is 5.26 Å². The van der Waals surface area contributed by atoms with E-state index in [0.29, 0.717) is 28.7 Å². The lowest BCUT2D eigenvalue weighted by Crippen LogP contribution is -2.38. The van der Waals surface area contributed by atoms with Gasteiger partial charge in [-0.1, -0.05) is 6.92 Å². The number of rotatable bonds is 6. The molecule has 2 fully saturated rings. The average Bonchev–Trinajstić information content (AvgIpc) is 2.70. The van der Waals surface area contributed by atoms with Crippen LogP contribution >= 0.6 is 0 Å². The number of nitriles is 1. The monoisotopic (exact) mass is 385 g/mol. The van der Waals surface area contributed by atoms with Crippen molar-refractivity contribution in [1.82, 2.24) is 0 Å². The molecule has 152 valence electrons. The predicted molar refractivity (Wildman–Crippen MR) is 109 cm³/mol. The standard InChI is InChI=1S/C22H31N3O3/c1-3-28-19-10-12-22(2,13-11-19)17-5-7-18(8-6-17)24-20-14-16(15-23)4-9-21(20)25(26)27/h4,9,14,17-19,24H,3,5-8,10-13H2,1-2H3/t17?,18?,19-,22-. The van der Waals surface area contributed by atoms with Crippen molar-refractivity contribution in [3.63, 3.8) is 0 Å². The van der Waals surface area contributed by atoms with Gasteiger partial charge in [-0.2, -0.15) is 5.26 Å². The van der Waals surface area contributed by atoms with Crippen molar-refractivity contribution in [2.75, 3.05) is 11.9 Å². The fourth-order valence-electron chi connectivity index (χ4n) is 5.10. The number of ether oxygens (including phenoxy) is 1. The van der Waals surface area contributed by atoms with Crippen LogP contribution in [0.15, 0.2) is 18.2 Å². The highest BCUT2D eigenvalue weighted by Crippen LogP contribution is 2.48. The average molecular weight is 386 g/mol. The first-order valence-corrected chi connectivity index (χ1v) is 10.5. The molecule has 1 N–H and O–H groups in total. The van der Waals surface area contributed by atoms with Crippen LogP contribution in [0.2, 0.25) is 0 Å². The van der Waals surface area contributed by atoms with E-state index in [-0.39, 0.29) is 16.7 Å². The Morgan fingerprint density at radius 3 is 2.50 bits per heavy atom. The van der Waals surface area contributed by atoms with E-state index >= 15 is 0 Å². The van der Waals surface area contributed by atoms with Crippen molar-refractivity contribution >= 4 is 11.4 Å². The van der Waals surface area contributed by atoms with Gasteiger partial charge in [-0.25, -0.2) is 0 Å². The van der Waals surface area contributed by atoms with Crippen LogP contribution in [0, 0.1) is 32.8 Å². The largest absolute Gasteiger partial charge is 0.379 e. The third-order valence-electron chi connectivity index (χ3n) is 6.87. The van der Waals surface area contributed by atoms with E-state index in [2.05, 4.69) is 25.2 Å². The second-order valence-electron chi connectivity index (χ2n) is 8.60. The smallest absolute Gasteiger partial charge is 0.292 e. The summed E-state index contributed by atoms with van der Waals surface area (Å²) in [6.45, 7) is 5.31. The molecule has 28 heavy (non-hydrogen) atoms. The summed E-state index contributed by atoms with van der Waals surface area (Å²) in [5, 5.41) is 23.8. The number of nitro groups is 1. The fourth-order valence-corrected chi connectivity index (χ4v) is 5.10. The molecule has 0 bridgehead atoms. The van der Waals surface area contributed by atoms with Crippen LogP contribution in [0.4, 0.5) is 11.4 Å². The van der Waals surface area contributed by atoms with Crippen molar-refractivity contribution in [3.05, 3.63) is 33.9 Å². The Morgan fingerprint density at radius 2 is 1.93 bits per heavy atom. The lowest BCUT2D eigenvalue weighted by Gasteiger charge is -2.46. The van der Waals surface area contributed by atoms with E-state index in [0.717, 1.165) is 45.1 Å². The van der Waals surface area contributed by atoms with Crippen LogP contribution in [0.1, 0.15) is 70.8 Å². The molecule has 2 aliphatic carbocycles. The molecule has 6 nitrogen and oxygen atoms in total. The molecule has 0 aliphatic heterocycles. The van der Waals surface area contributed by atoms with Gasteiger partial charge < -0.3 is 10.1 Å². The number of hydrogen-bond acceptors (Lipinski definition) is 5. The van der Waals surface area contributed by atoms with E-state index in [1.165, 1.54) is 25.0 Å². The first-order valence-electron chi connectivity index (χ1n) is 10.5. The van der Waals surface area contributed by atoms with Crippen LogP contribution in [0.25, 0.3) is 0 Å². The van der Waals surface area contributed by atoms with Crippen LogP contribution in [-0.2, 0) is 4.74 Å². The van der Waals surface area contributed by atoms with E-state index in [9.17, 15) is 10.1 Å². The molecular weight excluding hydrogens is 354 g/mol. The van der Waals surface area contributed by atoms with Gasteiger partial charge in [0.1, 0.15) is 5.69 Å². The van der Waals surface area contributed by atoms with Crippen molar-refractivity contribution < 1.29 is 9.66 Å². The summed E-state index contributed by atoms with van der Waals surface area (Å²) in [4.78, 5) is 10.9. The molecule has 2 aliphatic rings. The molecule has 2 saturated carbocycles. The summed E-state index contributed by atoms with van der Waals surface area (Å²) >= 11 is 0. The maximum atomic E-state index is 11.3. The minimum atomic E-state index is -0.382. The Bertz CT molecular complexity index is 727. The summed E-state index contributed by atoms with van der Waals surface area (Å²) in [6, 6.07) is 6.81. The number of benzene rings is 1. The molecular formula is C22H31N3O3. The molecule has 0 aromatic heterocycles. The number of nitrogens with one attached hydrogen (secondary N) is 1. The number of nitro benzene ring substituents is 1. The van der Waals surface area contributed by atoms with Crippen LogP contribution in [0.3, 0.4) is 0 Å². The maximum Gasteiger partial charge on any atom is 0.292 e. The second-order valence-corrected chi connectivity index (χ2v) is 8.60. The molecule has 0 radical (unpaired) electrons. The minimum Gasteiger partial charge on any atom is -0.379 e. The zero-order chi connectivity index (χ0) is 20.1. The lowest BCUT2D eigenvalue weighted by atomic mass is 9.62. The van der Waals surface area contributed by atoms with Gasteiger partial charge in [0, 0.05) is 18.7 Å². The normalized spacial score (nSPS) is 30.4. The van der Waals surface area contributed by atoms with Gasteiger partial charge in [-0.15, -0.1) is 0 Å². The molecule has 6 heteroatoms.